The lowest BCUT2D eigenvalue weighted by molar-refractivity contribution is -0.140. The number of phenolic OH excluding ortho intramolecular Hbond substituents is 1. The summed E-state index contributed by atoms with van der Waals surface area (Å²) in [6.45, 7) is 1.70. The highest BCUT2D eigenvalue weighted by molar-refractivity contribution is 5.68. The van der Waals surface area contributed by atoms with Crippen molar-refractivity contribution in [2.45, 2.75) is 13.1 Å². The Bertz CT molecular complexity index is 944. The van der Waals surface area contributed by atoms with Gasteiger partial charge in [0, 0.05) is 6.20 Å². The minimum atomic E-state index is -4.77. The van der Waals surface area contributed by atoms with Crippen molar-refractivity contribution >= 4 is 5.65 Å². The summed E-state index contributed by atoms with van der Waals surface area (Å²) in [5.74, 6) is -0.105. The van der Waals surface area contributed by atoms with Crippen LogP contribution >= 0.6 is 0 Å². The number of fused-ring (bicyclic) bond motifs is 1. The first-order valence-corrected chi connectivity index (χ1v) is 6.67. The van der Waals surface area contributed by atoms with E-state index < -0.39 is 23.0 Å². The fraction of sp³-hybridized carbons (Fsp3) is 0.125. The molecule has 118 valence electrons. The number of aromatic hydroxyl groups is 1. The van der Waals surface area contributed by atoms with Crippen molar-refractivity contribution in [1.82, 2.24) is 9.38 Å². The number of nitrogens with zero attached hydrogens (tertiary/aromatic N) is 2. The Morgan fingerprint density at radius 2 is 1.78 bits per heavy atom. The van der Waals surface area contributed by atoms with Crippen LogP contribution in [0.1, 0.15) is 11.3 Å². The lowest BCUT2D eigenvalue weighted by atomic mass is 10.0. The first-order valence-electron chi connectivity index (χ1n) is 6.67. The molecule has 0 fully saturated rings. The predicted molar refractivity (Wildman–Crippen MR) is 78.3 cm³/mol. The van der Waals surface area contributed by atoms with E-state index >= 15 is 0 Å². The monoisotopic (exact) mass is 320 g/mol. The van der Waals surface area contributed by atoms with Crippen molar-refractivity contribution in [3.8, 4) is 16.9 Å². The molecule has 0 aliphatic heterocycles. The Hall–Kier alpha value is -2.83. The number of benzene rings is 1. The van der Waals surface area contributed by atoms with Crippen molar-refractivity contribution in [3.63, 3.8) is 0 Å². The van der Waals surface area contributed by atoms with E-state index in [1.54, 1.807) is 13.0 Å². The third-order valence-electron chi connectivity index (χ3n) is 3.41. The van der Waals surface area contributed by atoms with Crippen LogP contribution in [0, 0.1) is 6.92 Å². The molecule has 7 heteroatoms. The standard InChI is InChI=1S/C16H11F3N2O2/c1-9-6-7-21-12(8-9)20-14(16(17,18)19)13(15(21)23)10-2-4-11(22)5-3-10/h2-8,22H,1H3. The maximum absolute atomic E-state index is 13.4. The Labute approximate surface area is 128 Å². The number of phenols is 1. The average molecular weight is 320 g/mol. The van der Waals surface area contributed by atoms with Gasteiger partial charge in [-0.15, -0.1) is 0 Å². The second-order valence-electron chi connectivity index (χ2n) is 5.12. The van der Waals surface area contributed by atoms with Crippen LogP contribution in [-0.4, -0.2) is 14.5 Å². The number of aromatic nitrogens is 2. The maximum Gasteiger partial charge on any atom is 0.434 e. The van der Waals surface area contributed by atoms with Crippen LogP contribution in [0.3, 0.4) is 0 Å². The van der Waals surface area contributed by atoms with E-state index in [2.05, 4.69) is 4.98 Å². The number of hydrogen-bond acceptors (Lipinski definition) is 3. The Morgan fingerprint density at radius 3 is 2.39 bits per heavy atom. The van der Waals surface area contributed by atoms with E-state index in [9.17, 15) is 23.1 Å². The van der Waals surface area contributed by atoms with Gasteiger partial charge < -0.3 is 5.11 Å². The summed E-state index contributed by atoms with van der Waals surface area (Å²) in [5, 5.41) is 9.28. The van der Waals surface area contributed by atoms with Gasteiger partial charge >= 0.3 is 6.18 Å². The third kappa shape index (κ3) is 2.65. The summed E-state index contributed by atoms with van der Waals surface area (Å²) in [6, 6.07) is 7.98. The molecule has 0 saturated carbocycles. The van der Waals surface area contributed by atoms with Gasteiger partial charge in [-0.05, 0) is 42.3 Å². The fourth-order valence-electron chi connectivity index (χ4n) is 2.33. The zero-order valence-corrected chi connectivity index (χ0v) is 11.9. The molecular formula is C16H11F3N2O2. The lowest BCUT2D eigenvalue weighted by Crippen LogP contribution is -2.24. The molecule has 3 aromatic rings. The molecule has 0 atom stereocenters. The van der Waals surface area contributed by atoms with Crippen LogP contribution in [0.15, 0.2) is 47.4 Å². The van der Waals surface area contributed by atoms with Crippen LogP contribution in [0.2, 0.25) is 0 Å². The van der Waals surface area contributed by atoms with Gasteiger partial charge in [0.25, 0.3) is 5.56 Å². The summed E-state index contributed by atoms with van der Waals surface area (Å²) in [6.07, 6.45) is -3.38. The van der Waals surface area contributed by atoms with E-state index in [0.29, 0.717) is 5.56 Å². The molecule has 0 saturated heterocycles. The fourth-order valence-corrected chi connectivity index (χ4v) is 2.33. The van der Waals surface area contributed by atoms with Gasteiger partial charge in [-0.2, -0.15) is 13.2 Å². The summed E-state index contributed by atoms with van der Waals surface area (Å²) < 4.78 is 41.2. The Morgan fingerprint density at radius 1 is 1.13 bits per heavy atom. The van der Waals surface area contributed by atoms with Crippen molar-refractivity contribution in [1.29, 1.82) is 0 Å². The number of halogens is 3. The summed E-state index contributed by atoms with van der Waals surface area (Å²) >= 11 is 0. The van der Waals surface area contributed by atoms with Crippen LogP contribution in [0.4, 0.5) is 13.2 Å². The summed E-state index contributed by atoms with van der Waals surface area (Å²) in [4.78, 5) is 16.2. The molecule has 3 rings (SSSR count). The van der Waals surface area contributed by atoms with Crippen molar-refractivity contribution in [3.05, 3.63) is 64.2 Å². The molecule has 0 aliphatic carbocycles. The number of hydrogen-bond donors (Lipinski definition) is 1. The molecule has 0 amide bonds. The molecule has 2 aromatic heterocycles. The van der Waals surface area contributed by atoms with Crippen LogP contribution in [0.25, 0.3) is 16.8 Å². The molecule has 4 nitrogen and oxygen atoms in total. The van der Waals surface area contributed by atoms with Crippen molar-refractivity contribution < 1.29 is 18.3 Å². The van der Waals surface area contributed by atoms with E-state index in [1.165, 1.54) is 36.5 Å². The molecule has 0 bridgehead atoms. The Kier molecular flexibility index (Phi) is 3.35. The quantitative estimate of drug-likeness (QED) is 0.748. The smallest absolute Gasteiger partial charge is 0.434 e. The highest BCUT2D eigenvalue weighted by Gasteiger charge is 2.37. The van der Waals surface area contributed by atoms with Gasteiger partial charge in [0.15, 0.2) is 5.69 Å². The second kappa shape index (κ2) is 5.12. The van der Waals surface area contributed by atoms with Crippen LogP contribution in [0.5, 0.6) is 5.75 Å². The van der Waals surface area contributed by atoms with E-state index in [0.717, 1.165) is 4.40 Å². The molecule has 0 unspecified atom stereocenters. The second-order valence-corrected chi connectivity index (χ2v) is 5.12. The van der Waals surface area contributed by atoms with Crippen molar-refractivity contribution in [2.75, 3.05) is 0 Å². The van der Waals surface area contributed by atoms with Crippen molar-refractivity contribution in [2.24, 2.45) is 0 Å². The van der Waals surface area contributed by atoms with Crippen LogP contribution in [-0.2, 0) is 6.18 Å². The molecular weight excluding hydrogens is 309 g/mol. The molecule has 1 aromatic carbocycles. The minimum absolute atomic E-state index is 0.0441. The topological polar surface area (TPSA) is 54.6 Å². The minimum Gasteiger partial charge on any atom is -0.508 e. The molecule has 0 spiro atoms. The first kappa shape index (κ1) is 15.1. The average Bonchev–Trinajstić information content (AvgIpc) is 2.47. The molecule has 0 radical (unpaired) electrons. The van der Waals surface area contributed by atoms with Crippen LogP contribution < -0.4 is 5.56 Å². The zero-order valence-electron chi connectivity index (χ0n) is 11.9. The van der Waals surface area contributed by atoms with Gasteiger partial charge in [-0.1, -0.05) is 12.1 Å². The largest absolute Gasteiger partial charge is 0.508 e. The lowest BCUT2D eigenvalue weighted by Gasteiger charge is -2.13. The SMILES string of the molecule is Cc1ccn2c(=O)c(-c3ccc(O)cc3)c(C(F)(F)F)nc2c1. The van der Waals surface area contributed by atoms with Gasteiger partial charge in [0.05, 0.1) is 5.56 Å². The number of rotatable bonds is 1. The van der Waals surface area contributed by atoms with E-state index in [-0.39, 0.29) is 17.0 Å². The van der Waals surface area contributed by atoms with Gasteiger partial charge in [0.2, 0.25) is 0 Å². The Balaban J connectivity index is 2.43. The highest BCUT2D eigenvalue weighted by Crippen LogP contribution is 2.34. The number of aryl methyl sites for hydroxylation is 1. The number of pyridine rings is 1. The summed E-state index contributed by atoms with van der Waals surface area (Å²) in [7, 11) is 0. The third-order valence-corrected chi connectivity index (χ3v) is 3.41. The van der Waals surface area contributed by atoms with Gasteiger partial charge in [0.1, 0.15) is 11.4 Å². The summed E-state index contributed by atoms with van der Waals surface area (Å²) in [5.41, 5.74) is -1.92. The molecule has 2 heterocycles. The van der Waals surface area contributed by atoms with E-state index in [4.69, 9.17) is 0 Å². The van der Waals surface area contributed by atoms with Gasteiger partial charge in [-0.25, -0.2) is 4.98 Å². The number of alkyl halides is 3. The first-order chi connectivity index (χ1) is 10.8. The van der Waals surface area contributed by atoms with E-state index in [1.807, 2.05) is 0 Å². The van der Waals surface area contributed by atoms with Gasteiger partial charge in [-0.3, -0.25) is 9.20 Å². The molecule has 1 N–H and O–H groups in total. The predicted octanol–water partition coefficient (Wildman–Crippen LogP) is 3.39. The highest BCUT2D eigenvalue weighted by atomic mass is 19.4. The molecule has 0 aliphatic rings. The maximum atomic E-state index is 13.4. The normalized spacial score (nSPS) is 11.8. The molecule has 23 heavy (non-hydrogen) atoms. The zero-order chi connectivity index (χ0) is 16.8.